The van der Waals surface area contributed by atoms with Crippen molar-refractivity contribution in [2.45, 2.75) is 101 Å². The largest absolute Gasteiger partial charge is 0.497 e. The fraction of sp³-hybridized carbons (Fsp3) is 0.500. The minimum absolute atomic E-state index is 0.0264. The molecule has 276 valence electrons. The number of carbonyl (C=O) groups excluding carboxylic acids is 3. The number of aliphatic hydroxyl groups is 1. The van der Waals surface area contributed by atoms with Crippen LogP contribution in [0.15, 0.2) is 72.8 Å². The van der Waals surface area contributed by atoms with Gasteiger partial charge in [0.15, 0.2) is 5.60 Å². The first-order chi connectivity index (χ1) is 25.1. The van der Waals surface area contributed by atoms with E-state index in [0.717, 1.165) is 66.8 Å². The van der Waals surface area contributed by atoms with Gasteiger partial charge in [-0.1, -0.05) is 80.5 Å². The summed E-state index contributed by atoms with van der Waals surface area (Å²) in [5, 5.41) is 11.3. The first-order valence-corrected chi connectivity index (χ1v) is 22.2. The quantitative estimate of drug-likeness (QED) is 0.267. The number of benzene rings is 3. The predicted octanol–water partition coefficient (Wildman–Crippen LogP) is 6.13. The molecule has 5 atom stereocenters. The first kappa shape index (κ1) is 36.4. The van der Waals surface area contributed by atoms with Crippen LogP contribution in [0.25, 0.3) is 0 Å². The molecule has 0 bridgehead atoms. The van der Waals surface area contributed by atoms with E-state index in [2.05, 4.69) is 38.2 Å². The summed E-state index contributed by atoms with van der Waals surface area (Å²) in [4.78, 5) is 48.0. The summed E-state index contributed by atoms with van der Waals surface area (Å²) < 4.78 is 12.7. The summed E-state index contributed by atoms with van der Waals surface area (Å²) in [6.45, 7) is 8.40. The van der Waals surface area contributed by atoms with Crippen molar-refractivity contribution in [3.05, 3.63) is 83.9 Å². The van der Waals surface area contributed by atoms with Gasteiger partial charge in [-0.15, -0.1) is 0 Å². The van der Waals surface area contributed by atoms with E-state index in [-0.39, 0.29) is 48.3 Å². The molecule has 4 aliphatic heterocycles. The zero-order valence-electron chi connectivity index (χ0n) is 31.1. The molecule has 7 rings (SSSR count). The number of ether oxygens (including phenoxy) is 2. The van der Waals surface area contributed by atoms with E-state index in [1.807, 2.05) is 69.3 Å². The summed E-state index contributed by atoms with van der Waals surface area (Å²) in [5.41, 5.74) is 2.15. The number of hydrogen-bond acceptors (Lipinski definition) is 6. The molecule has 4 heterocycles. The van der Waals surface area contributed by atoms with E-state index < -0.39 is 19.8 Å². The fourth-order valence-electron chi connectivity index (χ4n) is 9.71. The second kappa shape index (κ2) is 14.8. The molecule has 0 aromatic heterocycles. The normalized spacial score (nSPS) is 26.5. The third-order valence-electron chi connectivity index (χ3n) is 12.4. The van der Waals surface area contributed by atoms with Crippen molar-refractivity contribution >= 4 is 42.4 Å². The van der Waals surface area contributed by atoms with E-state index >= 15 is 4.79 Å². The van der Waals surface area contributed by atoms with Crippen LogP contribution in [0, 0.1) is 5.92 Å². The number of para-hydroxylation sites is 1. The summed E-state index contributed by atoms with van der Waals surface area (Å²) in [6.07, 6.45) is 5.98. The van der Waals surface area contributed by atoms with Gasteiger partial charge in [-0.05, 0) is 67.1 Å². The lowest BCUT2D eigenvalue weighted by molar-refractivity contribution is -0.150. The van der Waals surface area contributed by atoms with Crippen LogP contribution in [-0.2, 0) is 31.3 Å². The molecule has 3 aromatic rings. The Kier molecular flexibility index (Phi) is 10.3. The van der Waals surface area contributed by atoms with Gasteiger partial charge in [0.1, 0.15) is 5.75 Å². The van der Waals surface area contributed by atoms with Crippen molar-refractivity contribution in [3.63, 3.8) is 0 Å². The van der Waals surface area contributed by atoms with Crippen molar-refractivity contribution in [2.75, 3.05) is 36.6 Å². The van der Waals surface area contributed by atoms with Crippen LogP contribution >= 0.6 is 0 Å². The van der Waals surface area contributed by atoms with Gasteiger partial charge in [-0.2, -0.15) is 0 Å². The van der Waals surface area contributed by atoms with E-state index in [0.29, 0.717) is 26.1 Å². The van der Waals surface area contributed by atoms with Crippen LogP contribution in [0.5, 0.6) is 5.75 Å². The number of methoxy groups -OCH3 is 1. The number of fused-ring (bicyclic) bond motifs is 2. The topological polar surface area (TPSA) is 99.6 Å². The van der Waals surface area contributed by atoms with Crippen molar-refractivity contribution in [2.24, 2.45) is 5.92 Å². The number of amides is 3. The van der Waals surface area contributed by atoms with Crippen molar-refractivity contribution in [1.29, 1.82) is 0 Å². The first-order valence-electron chi connectivity index (χ1n) is 19.1. The summed E-state index contributed by atoms with van der Waals surface area (Å²) in [5.74, 6) is 0.571. The van der Waals surface area contributed by atoms with E-state index in [1.165, 1.54) is 5.19 Å². The number of aliphatic hydroxyl groups excluding tert-OH is 1. The minimum Gasteiger partial charge on any atom is -0.497 e. The maximum atomic E-state index is 15.2. The number of likely N-dealkylation sites (tertiary alicyclic amines) is 1. The highest BCUT2D eigenvalue weighted by molar-refractivity contribution is 6.91. The van der Waals surface area contributed by atoms with E-state index in [9.17, 15) is 14.7 Å². The van der Waals surface area contributed by atoms with Crippen LogP contribution in [0.2, 0.25) is 18.6 Å². The van der Waals surface area contributed by atoms with Gasteiger partial charge >= 0.3 is 0 Å². The molecule has 3 aromatic carbocycles. The third-order valence-corrected chi connectivity index (χ3v) is 16.8. The molecule has 10 heteroatoms. The van der Waals surface area contributed by atoms with Crippen molar-refractivity contribution in [3.8, 4) is 5.75 Å². The number of anilines is 2. The predicted molar refractivity (Wildman–Crippen MR) is 206 cm³/mol. The molecule has 3 saturated heterocycles. The van der Waals surface area contributed by atoms with Gasteiger partial charge in [-0.3, -0.25) is 14.4 Å². The Hall–Kier alpha value is -3.99. The van der Waals surface area contributed by atoms with Crippen LogP contribution < -0.4 is 19.7 Å². The van der Waals surface area contributed by atoms with Crippen molar-refractivity contribution < 1.29 is 29.0 Å². The zero-order chi connectivity index (χ0) is 36.6. The lowest BCUT2D eigenvalue weighted by Gasteiger charge is -2.37. The summed E-state index contributed by atoms with van der Waals surface area (Å²) >= 11 is 0. The van der Waals surface area contributed by atoms with Crippen LogP contribution in [-0.4, -0.2) is 74.8 Å². The van der Waals surface area contributed by atoms with Gasteiger partial charge in [0, 0.05) is 36.7 Å². The highest BCUT2D eigenvalue weighted by Gasteiger charge is 2.66. The van der Waals surface area contributed by atoms with Gasteiger partial charge in [0.25, 0.3) is 5.91 Å². The van der Waals surface area contributed by atoms with E-state index in [4.69, 9.17) is 9.47 Å². The lowest BCUT2D eigenvalue weighted by Crippen LogP contribution is -2.52. The Labute approximate surface area is 308 Å². The highest BCUT2D eigenvalue weighted by atomic mass is 28.3. The number of nitrogens with zero attached hydrogens (tertiary/aromatic N) is 3. The van der Waals surface area contributed by atoms with Crippen LogP contribution in [0.3, 0.4) is 0 Å². The van der Waals surface area contributed by atoms with Gasteiger partial charge in [0.05, 0.1) is 52.6 Å². The van der Waals surface area contributed by atoms with Crippen LogP contribution in [0.1, 0.15) is 69.4 Å². The number of hydrogen-bond donors (Lipinski definition) is 1. The third kappa shape index (κ3) is 6.36. The number of rotatable bonds is 9. The average molecular weight is 724 g/mol. The molecule has 4 aliphatic rings. The molecule has 9 nitrogen and oxygen atoms in total. The molecule has 0 saturated carbocycles. The molecule has 1 spiro atoms. The maximum Gasteiger partial charge on any atom is 0.264 e. The zero-order valence-corrected chi connectivity index (χ0v) is 32.1. The van der Waals surface area contributed by atoms with Crippen molar-refractivity contribution in [1.82, 2.24) is 4.90 Å². The number of carbonyl (C=O) groups is 3. The van der Waals surface area contributed by atoms with Gasteiger partial charge in [-0.25, -0.2) is 0 Å². The maximum absolute atomic E-state index is 15.2. The minimum atomic E-state index is -2.43. The summed E-state index contributed by atoms with van der Waals surface area (Å²) in [6, 6.07) is 24.1. The Balaban J connectivity index is 1.25. The van der Waals surface area contributed by atoms with Gasteiger partial charge in [0.2, 0.25) is 11.8 Å². The Morgan fingerprint density at radius 2 is 1.73 bits per heavy atom. The standard InChI is InChI=1S/C42H53N3O6Si/c1-29-40(52(3,4)34-21-19-33(50-2)20-22-34)37(26-39(48)44-24-12-15-32(44)28-46)51-42(29)35-16-8-9-17-36(35)45(41(42)49)27-30-13-11-14-31(25-30)43-23-10-6-5-7-18-38(43)47/h8-9,11,13-14,16-17,19-22,25,29,32,37,40,46H,5-7,10,12,15,18,23-24,26-28H2,1-4H3/t29-,32+,37+,40-,42+/m1/s1. The monoisotopic (exact) mass is 723 g/mol. The molecular weight excluding hydrogens is 671 g/mol. The second-order valence-corrected chi connectivity index (χ2v) is 20.4. The molecule has 0 aliphatic carbocycles. The Morgan fingerprint density at radius 3 is 2.50 bits per heavy atom. The molecule has 3 amide bonds. The molecule has 1 N–H and O–H groups in total. The summed E-state index contributed by atoms with van der Waals surface area (Å²) in [7, 11) is -0.769. The van der Waals surface area contributed by atoms with E-state index in [1.54, 1.807) is 7.11 Å². The molecule has 52 heavy (non-hydrogen) atoms. The van der Waals surface area contributed by atoms with Gasteiger partial charge < -0.3 is 29.3 Å². The van der Waals surface area contributed by atoms with Crippen LogP contribution in [0.4, 0.5) is 11.4 Å². The Bertz CT molecular complexity index is 1800. The highest BCUT2D eigenvalue weighted by Crippen LogP contribution is 2.60. The second-order valence-electron chi connectivity index (χ2n) is 15.7. The molecular formula is C42H53N3O6Si. The smallest absolute Gasteiger partial charge is 0.264 e. The average Bonchev–Trinajstić information content (AvgIpc) is 3.81. The molecule has 0 radical (unpaired) electrons. The SMILES string of the molecule is COc1ccc([Si](C)(C)[C@H]2[C@H](CC(=O)N3CCC[C@H]3CO)O[C@@]3(C(=O)N(Cc4cccc(N5CCCCCCC5=O)c4)c4ccccc43)[C@@H]2C)cc1. The fourth-order valence-corrected chi connectivity index (χ4v) is 13.7. The lowest BCUT2D eigenvalue weighted by atomic mass is 9.82. The Morgan fingerprint density at radius 1 is 0.962 bits per heavy atom. The molecule has 0 unspecified atom stereocenters. The molecule has 3 fully saturated rings.